The summed E-state index contributed by atoms with van der Waals surface area (Å²) in [6.07, 6.45) is 7.18. The molecule has 0 fully saturated rings. The normalized spacial score (nSPS) is 10.6. The third-order valence-electron chi connectivity index (χ3n) is 2.00. The van der Waals surface area contributed by atoms with E-state index < -0.39 is 0 Å². The van der Waals surface area contributed by atoms with E-state index in [1.54, 1.807) is 11.3 Å². The van der Waals surface area contributed by atoms with Crippen molar-refractivity contribution in [1.82, 2.24) is 10.2 Å². The van der Waals surface area contributed by atoms with Gasteiger partial charge in [0.15, 0.2) is 0 Å². The number of hydrogen-bond donors (Lipinski definition) is 0. The zero-order valence-electron chi connectivity index (χ0n) is 8.55. The Morgan fingerprint density at radius 3 is 1.77 bits per heavy atom. The molecule has 0 saturated carbocycles. The zero-order chi connectivity index (χ0) is 9.52. The molecule has 0 spiro atoms. The van der Waals surface area contributed by atoms with E-state index in [9.17, 15) is 0 Å². The average molecular weight is 198 g/mol. The Morgan fingerprint density at radius 2 is 1.38 bits per heavy atom. The molecule has 0 aromatic carbocycles. The molecule has 0 aliphatic heterocycles. The molecule has 2 nitrogen and oxygen atoms in total. The predicted molar refractivity (Wildman–Crippen MR) is 57.1 cm³/mol. The minimum Gasteiger partial charge on any atom is -0.144 e. The van der Waals surface area contributed by atoms with Crippen LogP contribution in [0.15, 0.2) is 0 Å². The Balaban J connectivity index is 2.34. The molecule has 13 heavy (non-hydrogen) atoms. The highest BCUT2D eigenvalue weighted by Crippen LogP contribution is 2.14. The molecule has 0 aliphatic rings. The summed E-state index contributed by atoms with van der Waals surface area (Å²) in [6, 6.07) is 0. The fraction of sp³-hybridized carbons (Fsp3) is 0.800. The molecule has 0 amide bonds. The van der Waals surface area contributed by atoms with Gasteiger partial charge in [-0.3, -0.25) is 0 Å². The third kappa shape index (κ3) is 3.85. The molecule has 74 valence electrons. The molecule has 0 unspecified atom stereocenters. The third-order valence-corrected chi connectivity index (χ3v) is 3.04. The Labute approximate surface area is 84.4 Å². The molecule has 1 aromatic rings. The molecule has 0 atom stereocenters. The van der Waals surface area contributed by atoms with Gasteiger partial charge < -0.3 is 0 Å². The monoisotopic (exact) mass is 198 g/mol. The van der Waals surface area contributed by atoms with E-state index in [0.717, 1.165) is 12.8 Å². The van der Waals surface area contributed by atoms with Gasteiger partial charge in [-0.2, -0.15) is 0 Å². The first kappa shape index (κ1) is 10.6. The van der Waals surface area contributed by atoms with Gasteiger partial charge in [-0.15, -0.1) is 21.5 Å². The number of nitrogens with zero attached hydrogens (tertiary/aromatic N) is 2. The van der Waals surface area contributed by atoms with Crippen molar-refractivity contribution in [3.8, 4) is 0 Å². The van der Waals surface area contributed by atoms with Gasteiger partial charge in [0.1, 0.15) is 10.0 Å². The van der Waals surface area contributed by atoms with Crippen LogP contribution in [0.4, 0.5) is 0 Å². The van der Waals surface area contributed by atoms with Crippen LogP contribution in [0.1, 0.15) is 49.5 Å². The van der Waals surface area contributed by atoms with E-state index in [1.165, 1.54) is 35.7 Å². The lowest BCUT2D eigenvalue weighted by Gasteiger charge is -1.90. The van der Waals surface area contributed by atoms with Crippen LogP contribution in [0.3, 0.4) is 0 Å². The van der Waals surface area contributed by atoms with Crippen LogP contribution in [0.2, 0.25) is 0 Å². The molecule has 0 bridgehead atoms. The summed E-state index contributed by atoms with van der Waals surface area (Å²) in [4.78, 5) is 0. The van der Waals surface area contributed by atoms with Gasteiger partial charge in [-0.05, 0) is 12.8 Å². The predicted octanol–water partition coefficient (Wildman–Crippen LogP) is 3.22. The highest BCUT2D eigenvalue weighted by Gasteiger charge is 2.02. The van der Waals surface area contributed by atoms with Gasteiger partial charge in [0.25, 0.3) is 0 Å². The van der Waals surface area contributed by atoms with E-state index in [-0.39, 0.29) is 0 Å². The fourth-order valence-corrected chi connectivity index (χ4v) is 2.07. The van der Waals surface area contributed by atoms with Gasteiger partial charge in [-0.1, -0.05) is 26.7 Å². The van der Waals surface area contributed by atoms with E-state index in [1.807, 2.05) is 0 Å². The van der Waals surface area contributed by atoms with Crippen molar-refractivity contribution in [2.24, 2.45) is 0 Å². The van der Waals surface area contributed by atoms with E-state index >= 15 is 0 Å². The van der Waals surface area contributed by atoms with Crippen molar-refractivity contribution < 1.29 is 0 Å². The minimum atomic E-state index is 1.11. The van der Waals surface area contributed by atoms with Gasteiger partial charge in [-0.25, -0.2) is 0 Å². The number of rotatable bonds is 6. The Bertz CT molecular complexity index is 210. The standard InChI is InChI=1S/C10H18N2S/c1-3-5-7-9-11-12-10(13-9)8-6-4-2/h3-8H2,1-2H3. The van der Waals surface area contributed by atoms with Gasteiger partial charge in [0.2, 0.25) is 0 Å². The van der Waals surface area contributed by atoms with Crippen LogP contribution >= 0.6 is 11.3 Å². The average Bonchev–Trinajstić information content (AvgIpc) is 2.59. The van der Waals surface area contributed by atoms with Crippen molar-refractivity contribution in [3.63, 3.8) is 0 Å². The first-order valence-corrected chi connectivity index (χ1v) is 5.99. The van der Waals surface area contributed by atoms with Crippen LogP contribution in [0, 0.1) is 0 Å². The van der Waals surface area contributed by atoms with Gasteiger partial charge in [0, 0.05) is 12.8 Å². The van der Waals surface area contributed by atoms with Crippen molar-refractivity contribution in [3.05, 3.63) is 10.0 Å². The first-order chi connectivity index (χ1) is 6.36. The molecule has 1 aromatic heterocycles. The SMILES string of the molecule is CCCCc1nnc(CCCC)s1. The lowest BCUT2D eigenvalue weighted by Crippen LogP contribution is -1.83. The summed E-state index contributed by atoms with van der Waals surface area (Å²) in [5.41, 5.74) is 0. The van der Waals surface area contributed by atoms with Crippen molar-refractivity contribution >= 4 is 11.3 Å². The molecule has 3 heteroatoms. The highest BCUT2D eigenvalue weighted by molar-refractivity contribution is 7.11. The van der Waals surface area contributed by atoms with E-state index in [4.69, 9.17) is 0 Å². The molecular weight excluding hydrogens is 180 g/mol. The number of aryl methyl sites for hydroxylation is 2. The lowest BCUT2D eigenvalue weighted by atomic mass is 10.3. The molecule has 1 rings (SSSR count). The van der Waals surface area contributed by atoms with Crippen molar-refractivity contribution in [2.45, 2.75) is 52.4 Å². The molecule has 0 radical (unpaired) electrons. The second kappa shape index (κ2) is 6.08. The number of unbranched alkanes of at least 4 members (excludes halogenated alkanes) is 2. The van der Waals surface area contributed by atoms with Crippen molar-refractivity contribution in [1.29, 1.82) is 0 Å². The summed E-state index contributed by atoms with van der Waals surface area (Å²) >= 11 is 1.79. The summed E-state index contributed by atoms with van der Waals surface area (Å²) in [5, 5.41) is 10.8. The van der Waals surface area contributed by atoms with Crippen molar-refractivity contribution in [2.75, 3.05) is 0 Å². The Kier molecular flexibility index (Phi) is 4.98. The van der Waals surface area contributed by atoms with Gasteiger partial charge >= 0.3 is 0 Å². The lowest BCUT2D eigenvalue weighted by molar-refractivity contribution is 0.763. The largest absolute Gasteiger partial charge is 0.144 e. The molecule has 0 aliphatic carbocycles. The molecule has 1 heterocycles. The summed E-state index contributed by atoms with van der Waals surface area (Å²) < 4.78 is 0. The maximum absolute atomic E-state index is 4.18. The van der Waals surface area contributed by atoms with Crippen LogP contribution in [-0.4, -0.2) is 10.2 Å². The Morgan fingerprint density at radius 1 is 0.923 bits per heavy atom. The molecule has 0 saturated heterocycles. The first-order valence-electron chi connectivity index (χ1n) is 5.18. The van der Waals surface area contributed by atoms with Crippen LogP contribution in [0.5, 0.6) is 0 Å². The maximum atomic E-state index is 4.18. The molecule has 0 N–H and O–H groups in total. The number of hydrogen-bond acceptors (Lipinski definition) is 3. The van der Waals surface area contributed by atoms with Crippen LogP contribution in [-0.2, 0) is 12.8 Å². The minimum absolute atomic E-state index is 1.11. The maximum Gasteiger partial charge on any atom is 0.117 e. The Hall–Kier alpha value is -0.440. The fourth-order valence-electron chi connectivity index (χ4n) is 1.15. The second-order valence-electron chi connectivity index (χ2n) is 3.30. The highest BCUT2D eigenvalue weighted by atomic mass is 32.1. The zero-order valence-corrected chi connectivity index (χ0v) is 9.36. The van der Waals surface area contributed by atoms with Crippen LogP contribution in [0.25, 0.3) is 0 Å². The van der Waals surface area contributed by atoms with E-state index in [2.05, 4.69) is 24.0 Å². The van der Waals surface area contributed by atoms with Crippen LogP contribution < -0.4 is 0 Å². The summed E-state index contributed by atoms with van der Waals surface area (Å²) in [5.74, 6) is 0. The smallest absolute Gasteiger partial charge is 0.117 e. The quantitative estimate of drug-likeness (QED) is 0.701. The molecular formula is C10H18N2S. The topological polar surface area (TPSA) is 25.8 Å². The summed E-state index contributed by atoms with van der Waals surface area (Å²) in [6.45, 7) is 4.41. The number of aromatic nitrogens is 2. The van der Waals surface area contributed by atoms with Gasteiger partial charge in [0.05, 0.1) is 0 Å². The second-order valence-corrected chi connectivity index (χ2v) is 4.44. The van der Waals surface area contributed by atoms with E-state index in [0.29, 0.717) is 0 Å². The summed E-state index contributed by atoms with van der Waals surface area (Å²) in [7, 11) is 0.